The fourth-order valence-corrected chi connectivity index (χ4v) is 4.69. The Labute approximate surface area is 166 Å². The number of benzene rings is 2. The van der Waals surface area contributed by atoms with E-state index in [1.54, 1.807) is 26.0 Å². The van der Waals surface area contributed by atoms with Crippen LogP contribution in [0.15, 0.2) is 59.5 Å². The highest BCUT2D eigenvalue weighted by atomic mass is 32.2. The summed E-state index contributed by atoms with van der Waals surface area (Å²) in [5, 5.41) is 11.2. The third-order valence-corrected chi connectivity index (χ3v) is 6.00. The van der Waals surface area contributed by atoms with Crippen molar-refractivity contribution in [3.05, 3.63) is 76.9 Å². The smallest absolute Gasteiger partial charge is 0.263 e. The average Bonchev–Trinajstić information content (AvgIpc) is 2.62. The summed E-state index contributed by atoms with van der Waals surface area (Å²) in [7, 11) is -3.73. The van der Waals surface area contributed by atoms with Crippen molar-refractivity contribution in [1.29, 1.82) is 0 Å². The molecule has 3 aromatic rings. The Morgan fingerprint density at radius 3 is 2.07 bits per heavy atom. The van der Waals surface area contributed by atoms with Gasteiger partial charge < -0.3 is 5.32 Å². The highest BCUT2D eigenvalue weighted by Crippen LogP contribution is 2.23. The summed E-state index contributed by atoms with van der Waals surface area (Å²) in [6.07, 6.45) is 0.864. The summed E-state index contributed by atoms with van der Waals surface area (Å²) in [5.41, 5.74) is 3.67. The summed E-state index contributed by atoms with van der Waals surface area (Å²) in [6.45, 7) is 6.24. The molecule has 0 aliphatic rings. The van der Waals surface area contributed by atoms with Crippen LogP contribution in [0, 0.1) is 20.8 Å². The number of aromatic nitrogens is 2. The fourth-order valence-electron chi connectivity index (χ4n) is 3.24. The molecule has 0 unspecified atom stereocenters. The second-order valence-electron chi connectivity index (χ2n) is 6.80. The van der Waals surface area contributed by atoms with Crippen LogP contribution >= 0.6 is 0 Å². The van der Waals surface area contributed by atoms with Gasteiger partial charge in [-0.1, -0.05) is 48.0 Å². The molecule has 7 heteroatoms. The monoisotopic (exact) mass is 396 g/mol. The Morgan fingerprint density at radius 2 is 1.46 bits per heavy atom. The zero-order valence-corrected chi connectivity index (χ0v) is 17.0. The minimum atomic E-state index is -3.73. The maximum Gasteiger partial charge on any atom is 0.263 e. The third-order valence-electron chi connectivity index (χ3n) is 4.34. The largest absolute Gasteiger partial charge is 0.368 e. The molecule has 0 aliphatic heterocycles. The SMILES string of the molecule is Cc1cc(C)c(S(=O)(=O)Nc2ccc(NCCc3ccccc3)nn2)c(C)c1. The lowest BCUT2D eigenvalue weighted by Gasteiger charge is -2.13. The van der Waals surface area contributed by atoms with Crippen LogP contribution in [0.4, 0.5) is 11.6 Å². The second kappa shape index (κ2) is 8.39. The number of anilines is 2. The summed E-state index contributed by atoms with van der Waals surface area (Å²) in [6, 6.07) is 17.2. The zero-order valence-electron chi connectivity index (χ0n) is 16.2. The van der Waals surface area contributed by atoms with E-state index < -0.39 is 10.0 Å². The molecule has 1 heterocycles. The van der Waals surface area contributed by atoms with Gasteiger partial charge in [0.25, 0.3) is 10.0 Å². The molecule has 2 aromatic carbocycles. The average molecular weight is 397 g/mol. The van der Waals surface area contributed by atoms with Gasteiger partial charge in [-0.05, 0) is 56.0 Å². The molecule has 0 bridgehead atoms. The Hall–Kier alpha value is -2.93. The molecule has 3 rings (SSSR count). The summed E-state index contributed by atoms with van der Waals surface area (Å²) >= 11 is 0. The molecule has 1 aromatic heterocycles. The van der Waals surface area contributed by atoms with E-state index >= 15 is 0 Å². The van der Waals surface area contributed by atoms with E-state index in [1.165, 1.54) is 5.56 Å². The zero-order chi connectivity index (χ0) is 20.1. The number of sulfonamides is 1. The highest BCUT2D eigenvalue weighted by Gasteiger charge is 2.20. The molecule has 0 aliphatic carbocycles. The topological polar surface area (TPSA) is 84.0 Å². The summed E-state index contributed by atoms with van der Waals surface area (Å²) in [5.74, 6) is 0.787. The molecule has 0 atom stereocenters. The van der Waals surface area contributed by atoms with E-state index in [0.29, 0.717) is 23.5 Å². The van der Waals surface area contributed by atoms with E-state index in [0.717, 1.165) is 12.0 Å². The van der Waals surface area contributed by atoms with Crippen molar-refractivity contribution in [2.45, 2.75) is 32.1 Å². The number of nitrogens with one attached hydrogen (secondary N) is 2. The summed E-state index contributed by atoms with van der Waals surface area (Å²) in [4.78, 5) is 0.282. The van der Waals surface area contributed by atoms with Crippen LogP contribution in [-0.2, 0) is 16.4 Å². The van der Waals surface area contributed by atoms with Gasteiger partial charge in [0.15, 0.2) is 5.82 Å². The molecular formula is C21H24N4O2S. The van der Waals surface area contributed by atoms with Gasteiger partial charge in [0.05, 0.1) is 4.90 Å². The van der Waals surface area contributed by atoms with Crippen molar-refractivity contribution in [2.75, 3.05) is 16.6 Å². The standard InChI is InChI=1S/C21H24N4O2S/c1-15-13-16(2)21(17(3)14-15)28(26,27)25-20-10-9-19(23-24-20)22-12-11-18-7-5-4-6-8-18/h4-10,13-14H,11-12H2,1-3H3,(H,22,23)(H,24,25). The van der Waals surface area contributed by atoms with Crippen molar-refractivity contribution >= 4 is 21.7 Å². The van der Waals surface area contributed by atoms with Crippen LogP contribution in [0.5, 0.6) is 0 Å². The maximum absolute atomic E-state index is 12.8. The Balaban J connectivity index is 1.65. The Kier molecular flexibility index (Phi) is 5.94. The number of hydrogen-bond donors (Lipinski definition) is 2. The fraction of sp³-hybridized carbons (Fsp3) is 0.238. The van der Waals surface area contributed by atoms with Gasteiger partial charge in [0.1, 0.15) is 5.82 Å². The molecule has 2 N–H and O–H groups in total. The van der Waals surface area contributed by atoms with Crippen LogP contribution in [-0.4, -0.2) is 25.2 Å². The molecule has 0 saturated heterocycles. The van der Waals surface area contributed by atoms with E-state index in [1.807, 2.05) is 37.3 Å². The number of hydrogen-bond acceptors (Lipinski definition) is 5. The summed E-state index contributed by atoms with van der Waals surface area (Å²) < 4.78 is 28.1. The van der Waals surface area contributed by atoms with E-state index in [9.17, 15) is 8.42 Å². The molecular weight excluding hydrogens is 372 g/mol. The molecule has 0 spiro atoms. The molecule has 0 radical (unpaired) electrons. The first-order valence-electron chi connectivity index (χ1n) is 9.07. The van der Waals surface area contributed by atoms with Gasteiger partial charge in [0.2, 0.25) is 0 Å². The Morgan fingerprint density at radius 1 is 0.857 bits per heavy atom. The lowest BCUT2D eigenvalue weighted by molar-refractivity contribution is 0.599. The molecule has 146 valence electrons. The predicted octanol–water partition coefficient (Wildman–Crippen LogP) is 3.86. The lowest BCUT2D eigenvalue weighted by atomic mass is 10.1. The molecule has 0 amide bonds. The normalized spacial score (nSPS) is 11.2. The van der Waals surface area contributed by atoms with Gasteiger partial charge in [-0.25, -0.2) is 8.42 Å². The van der Waals surface area contributed by atoms with Gasteiger partial charge in [-0.3, -0.25) is 4.72 Å². The van der Waals surface area contributed by atoms with Gasteiger partial charge in [-0.2, -0.15) is 0 Å². The van der Waals surface area contributed by atoms with Crippen molar-refractivity contribution in [1.82, 2.24) is 10.2 Å². The minimum Gasteiger partial charge on any atom is -0.368 e. The first kappa shape index (κ1) is 19.8. The molecule has 0 saturated carbocycles. The first-order valence-corrected chi connectivity index (χ1v) is 10.6. The van der Waals surface area contributed by atoms with Crippen LogP contribution in [0.25, 0.3) is 0 Å². The lowest BCUT2D eigenvalue weighted by Crippen LogP contribution is -2.17. The van der Waals surface area contributed by atoms with Crippen LogP contribution in [0.2, 0.25) is 0 Å². The van der Waals surface area contributed by atoms with Crippen molar-refractivity contribution in [3.8, 4) is 0 Å². The second-order valence-corrected chi connectivity index (χ2v) is 8.42. The van der Waals surface area contributed by atoms with Crippen molar-refractivity contribution in [3.63, 3.8) is 0 Å². The molecule has 0 fully saturated rings. The first-order chi connectivity index (χ1) is 13.3. The van der Waals surface area contributed by atoms with Crippen LogP contribution in [0.1, 0.15) is 22.3 Å². The van der Waals surface area contributed by atoms with E-state index in [4.69, 9.17) is 0 Å². The number of aryl methyl sites for hydroxylation is 3. The van der Waals surface area contributed by atoms with Crippen molar-refractivity contribution in [2.24, 2.45) is 0 Å². The van der Waals surface area contributed by atoms with Gasteiger partial charge in [-0.15, -0.1) is 10.2 Å². The molecule has 6 nitrogen and oxygen atoms in total. The third kappa shape index (κ3) is 4.86. The van der Waals surface area contributed by atoms with Crippen molar-refractivity contribution < 1.29 is 8.42 Å². The van der Waals surface area contributed by atoms with Gasteiger partial charge in [0, 0.05) is 6.54 Å². The van der Waals surface area contributed by atoms with Gasteiger partial charge >= 0.3 is 0 Å². The van der Waals surface area contributed by atoms with Crippen LogP contribution < -0.4 is 10.0 Å². The number of nitrogens with zero attached hydrogens (tertiary/aromatic N) is 2. The quantitative estimate of drug-likeness (QED) is 0.634. The predicted molar refractivity (Wildman–Crippen MR) is 112 cm³/mol. The molecule has 28 heavy (non-hydrogen) atoms. The van der Waals surface area contributed by atoms with E-state index in [2.05, 4.69) is 32.4 Å². The van der Waals surface area contributed by atoms with Crippen LogP contribution in [0.3, 0.4) is 0 Å². The Bertz CT molecular complexity index is 1030. The minimum absolute atomic E-state index is 0.188. The highest BCUT2D eigenvalue weighted by molar-refractivity contribution is 7.92. The van der Waals surface area contributed by atoms with E-state index in [-0.39, 0.29) is 10.7 Å². The number of rotatable bonds is 7. The maximum atomic E-state index is 12.8.